The number of rotatable bonds is 6. The molecular weight excluding hydrogens is 538 g/mol. The highest BCUT2D eigenvalue weighted by atomic mass is 79.9. The van der Waals surface area contributed by atoms with Crippen molar-refractivity contribution in [1.82, 2.24) is 4.90 Å². The van der Waals surface area contributed by atoms with E-state index in [1.807, 2.05) is 18.2 Å². The van der Waals surface area contributed by atoms with Crippen molar-refractivity contribution in [2.24, 2.45) is 11.8 Å². The molecule has 8 nitrogen and oxygen atoms in total. The SMILES string of the molecule is C[C@H](CO)N1C(=O)[C@@H]2[C@H](C(=O)Nc3ccccc3)[C@H]3OC2(CC3Br)C1C(=O)Nc1ccccc1Cl. The number of benzene rings is 2. The topological polar surface area (TPSA) is 108 Å². The molecule has 10 heteroatoms. The summed E-state index contributed by atoms with van der Waals surface area (Å²) in [5.74, 6) is -2.85. The maximum atomic E-state index is 13.8. The van der Waals surface area contributed by atoms with Crippen LogP contribution in [0.5, 0.6) is 0 Å². The number of amides is 3. The molecule has 7 atom stereocenters. The molecule has 184 valence electrons. The smallest absolute Gasteiger partial charge is 0.250 e. The third kappa shape index (κ3) is 3.85. The largest absolute Gasteiger partial charge is 0.394 e. The van der Waals surface area contributed by atoms with Crippen LogP contribution in [0.3, 0.4) is 0 Å². The summed E-state index contributed by atoms with van der Waals surface area (Å²) in [6, 6.07) is 14.1. The predicted octanol–water partition coefficient (Wildman–Crippen LogP) is 3.05. The lowest BCUT2D eigenvalue weighted by molar-refractivity contribution is -0.142. The van der Waals surface area contributed by atoms with Gasteiger partial charge in [0.1, 0.15) is 11.6 Å². The Balaban J connectivity index is 1.52. The van der Waals surface area contributed by atoms with Crippen molar-refractivity contribution in [2.45, 2.75) is 42.0 Å². The van der Waals surface area contributed by atoms with Gasteiger partial charge in [-0.05, 0) is 37.6 Å². The van der Waals surface area contributed by atoms with Crippen molar-refractivity contribution < 1.29 is 24.2 Å². The lowest BCUT2D eigenvalue weighted by Gasteiger charge is -2.35. The van der Waals surface area contributed by atoms with Gasteiger partial charge in [0.25, 0.3) is 0 Å². The van der Waals surface area contributed by atoms with Crippen LogP contribution in [0.2, 0.25) is 5.02 Å². The third-order valence-corrected chi connectivity index (χ3v) is 8.36. The normalized spacial score (nSPS) is 31.8. The number of anilines is 2. The number of aliphatic hydroxyl groups excluding tert-OH is 1. The van der Waals surface area contributed by atoms with E-state index < -0.39 is 41.5 Å². The van der Waals surface area contributed by atoms with Crippen LogP contribution < -0.4 is 10.6 Å². The van der Waals surface area contributed by atoms with Gasteiger partial charge in [-0.1, -0.05) is 57.9 Å². The van der Waals surface area contributed by atoms with Gasteiger partial charge in [-0.25, -0.2) is 0 Å². The number of likely N-dealkylation sites (tertiary alicyclic amines) is 1. The maximum Gasteiger partial charge on any atom is 0.250 e. The Morgan fingerprint density at radius 1 is 1.17 bits per heavy atom. The molecule has 3 unspecified atom stereocenters. The van der Waals surface area contributed by atoms with Crippen molar-refractivity contribution in [3.63, 3.8) is 0 Å². The van der Waals surface area contributed by atoms with Gasteiger partial charge in [0, 0.05) is 10.5 Å². The van der Waals surface area contributed by atoms with Crippen molar-refractivity contribution in [1.29, 1.82) is 0 Å². The van der Waals surface area contributed by atoms with E-state index >= 15 is 0 Å². The van der Waals surface area contributed by atoms with Crippen LogP contribution in [0, 0.1) is 11.8 Å². The highest BCUT2D eigenvalue weighted by Crippen LogP contribution is 2.60. The number of hydrogen-bond acceptors (Lipinski definition) is 5. The molecule has 0 aliphatic carbocycles. The minimum atomic E-state index is -1.22. The molecule has 3 fully saturated rings. The first-order valence-electron chi connectivity index (χ1n) is 11.4. The predicted molar refractivity (Wildman–Crippen MR) is 134 cm³/mol. The molecule has 0 saturated carbocycles. The summed E-state index contributed by atoms with van der Waals surface area (Å²) in [6.07, 6.45) is -0.201. The fraction of sp³-hybridized carbons (Fsp3) is 0.400. The first-order valence-corrected chi connectivity index (χ1v) is 12.7. The third-order valence-electron chi connectivity index (χ3n) is 7.19. The van der Waals surface area contributed by atoms with Crippen LogP contribution in [0.15, 0.2) is 54.6 Å². The number of ether oxygens (including phenoxy) is 1. The van der Waals surface area contributed by atoms with Gasteiger partial charge in [-0.2, -0.15) is 0 Å². The average Bonchev–Trinajstić information content (AvgIpc) is 3.44. The molecule has 2 aromatic carbocycles. The molecule has 3 amide bonds. The summed E-state index contributed by atoms with van der Waals surface area (Å²) in [4.78, 5) is 42.1. The van der Waals surface area contributed by atoms with Gasteiger partial charge in [-0.3, -0.25) is 14.4 Å². The minimum Gasteiger partial charge on any atom is -0.394 e. The van der Waals surface area contributed by atoms with E-state index in [9.17, 15) is 19.5 Å². The summed E-state index contributed by atoms with van der Waals surface area (Å²) < 4.78 is 6.42. The lowest BCUT2D eigenvalue weighted by Crippen LogP contribution is -2.56. The Kier molecular flexibility index (Phi) is 6.37. The molecule has 0 aromatic heterocycles. The standard InChI is InChI=1S/C25H25BrClN3O5/c1-13(12-31)30-21(23(33)29-17-10-6-5-9-16(17)27)25-11-15(26)20(35-25)18(19(25)24(30)34)22(32)28-14-7-3-2-4-8-14/h2-10,13,15,18-21,31H,11-12H2,1H3,(H,28,32)(H,29,33)/t13-,15?,18+,19+,20+,21?,25?/m1/s1. The molecule has 35 heavy (non-hydrogen) atoms. The number of para-hydroxylation sites is 2. The first kappa shape index (κ1) is 24.2. The number of halogens is 2. The van der Waals surface area contributed by atoms with Crippen LogP contribution in [-0.4, -0.2) is 63.0 Å². The van der Waals surface area contributed by atoms with Crippen molar-refractivity contribution >= 4 is 56.6 Å². The monoisotopic (exact) mass is 561 g/mol. The summed E-state index contributed by atoms with van der Waals surface area (Å²) in [7, 11) is 0. The zero-order valence-electron chi connectivity index (χ0n) is 18.9. The highest BCUT2D eigenvalue weighted by molar-refractivity contribution is 9.09. The summed E-state index contributed by atoms with van der Waals surface area (Å²) in [5.41, 5.74) is -0.201. The number of aliphatic hydroxyl groups is 1. The van der Waals surface area contributed by atoms with Crippen LogP contribution in [-0.2, 0) is 19.1 Å². The van der Waals surface area contributed by atoms with E-state index in [0.29, 0.717) is 22.8 Å². The molecule has 1 spiro atoms. The minimum absolute atomic E-state index is 0.224. The van der Waals surface area contributed by atoms with E-state index in [0.717, 1.165) is 0 Å². The second-order valence-corrected chi connectivity index (χ2v) is 10.8. The van der Waals surface area contributed by atoms with E-state index in [1.165, 1.54) is 4.90 Å². The number of nitrogens with zero attached hydrogens (tertiary/aromatic N) is 1. The van der Waals surface area contributed by atoms with E-state index in [-0.39, 0.29) is 23.2 Å². The molecule has 0 radical (unpaired) electrons. The molecule has 3 N–H and O–H groups in total. The molecule has 3 heterocycles. The van der Waals surface area contributed by atoms with Crippen molar-refractivity contribution in [2.75, 3.05) is 17.2 Å². The van der Waals surface area contributed by atoms with Crippen molar-refractivity contribution in [3.05, 3.63) is 59.6 Å². The van der Waals surface area contributed by atoms with Gasteiger partial charge >= 0.3 is 0 Å². The number of carbonyl (C=O) groups is 3. The van der Waals surface area contributed by atoms with Crippen LogP contribution in [0.4, 0.5) is 11.4 Å². The van der Waals surface area contributed by atoms with E-state index in [4.69, 9.17) is 16.3 Å². The second kappa shape index (κ2) is 9.20. The van der Waals surface area contributed by atoms with E-state index in [1.54, 1.807) is 43.3 Å². The second-order valence-electron chi connectivity index (χ2n) is 9.27. The van der Waals surface area contributed by atoms with Gasteiger partial charge < -0.3 is 25.4 Å². The van der Waals surface area contributed by atoms with Gasteiger partial charge in [0.15, 0.2) is 0 Å². The molecule has 3 aliphatic rings. The Labute approximate surface area is 216 Å². The summed E-state index contributed by atoms with van der Waals surface area (Å²) in [5, 5.41) is 16.0. The van der Waals surface area contributed by atoms with Gasteiger partial charge in [0.2, 0.25) is 17.7 Å². The summed E-state index contributed by atoms with van der Waals surface area (Å²) in [6.45, 7) is 1.33. The molecule has 2 bridgehead atoms. The van der Waals surface area contributed by atoms with Gasteiger partial charge in [-0.15, -0.1) is 0 Å². The average molecular weight is 563 g/mol. The number of hydrogen-bond donors (Lipinski definition) is 3. The molecule has 2 aromatic rings. The Bertz CT molecular complexity index is 1170. The first-order chi connectivity index (χ1) is 16.8. The Morgan fingerprint density at radius 2 is 1.86 bits per heavy atom. The zero-order valence-corrected chi connectivity index (χ0v) is 21.2. The summed E-state index contributed by atoms with van der Waals surface area (Å²) >= 11 is 9.89. The van der Waals surface area contributed by atoms with Crippen LogP contribution >= 0.6 is 27.5 Å². The molecule has 5 rings (SSSR count). The maximum absolute atomic E-state index is 13.8. The number of carbonyl (C=O) groups excluding carboxylic acids is 3. The highest BCUT2D eigenvalue weighted by Gasteiger charge is 2.76. The Hall–Kier alpha value is -2.46. The fourth-order valence-electron chi connectivity index (χ4n) is 5.74. The van der Waals surface area contributed by atoms with Crippen molar-refractivity contribution in [3.8, 4) is 0 Å². The van der Waals surface area contributed by atoms with Gasteiger partial charge in [0.05, 0.1) is 41.3 Å². The van der Waals surface area contributed by atoms with Crippen LogP contribution in [0.1, 0.15) is 13.3 Å². The number of nitrogens with one attached hydrogen (secondary N) is 2. The quantitative estimate of drug-likeness (QED) is 0.469. The lowest BCUT2D eigenvalue weighted by atomic mass is 9.70. The number of fused-ring (bicyclic) bond motifs is 1. The van der Waals surface area contributed by atoms with Crippen LogP contribution in [0.25, 0.3) is 0 Å². The fourth-order valence-corrected chi connectivity index (χ4v) is 6.87. The Morgan fingerprint density at radius 3 is 2.54 bits per heavy atom. The number of alkyl halides is 1. The molecule has 3 aliphatic heterocycles. The van der Waals surface area contributed by atoms with E-state index in [2.05, 4.69) is 26.6 Å². The molecular formula is C25H25BrClN3O5. The molecule has 3 saturated heterocycles. The zero-order chi connectivity index (χ0) is 24.9.